The normalized spacial score (nSPS) is 18.7. The lowest BCUT2D eigenvalue weighted by molar-refractivity contribution is 0.414. The number of nitrogens with two attached hydrogens (primary N) is 1. The minimum atomic E-state index is -0.328. The Bertz CT molecular complexity index is 997. The molecule has 0 spiro atoms. The summed E-state index contributed by atoms with van der Waals surface area (Å²) in [6.45, 7) is 0.712. The molecule has 0 aliphatic carbocycles. The molecule has 0 unspecified atom stereocenters. The zero-order valence-corrected chi connectivity index (χ0v) is 15.8. The van der Waals surface area contributed by atoms with Crippen LogP contribution in [0, 0.1) is 0 Å². The van der Waals surface area contributed by atoms with Gasteiger partial charge < -0.3 is 15.8 Å². The number of rotatable bonds is 4. The van der Waals surface area contributed by atoms with Crippen LogP contribution in [0.1, 0.15) is 11.1 Å². The molecule has 4 rings (SSSR count). The van der Waals surface area contributed by atoms with Crippen molar-refractivity contribution in [3.8, 4) is 16.9 Å². The summed E-state index contributed by atoms with van der Waals surface area (Å²) in [5, 5.41) is 4.02. The topological polar surface area (TPSA) is 47.3 Å². The van der Waals surface area contributed by atoms with Gasteiger partial charge in [-0.3, -0.25) is 0 Å². The monoisotopic (exact) mass is 376 g/mol. The van der Waals surface area contributed by atoms with E-state index < -0.39 is 0 Å². The summed E-state index contributed by atoms with van der Waals surface area (Å²) in [4.78, 5) is 0. The minimum absolute atomic E-state index is 0.328. The first-order chi connectivity index (χ1) is 13.1. The first-order valence-corrected chi connectivity index (χ1v) is 9.22. The van der Waals surface area contributed by atoms with E-state index in [0.717, 1.165) is 21.9 Å². The van der Waals surface area contributed by atoms with Crippen molar-refractivity contribution in [1.82, 2.24) is 5.32 Å². The highest BCUT2D eigenvalue weighted by atomic mass is 35.5. The lowest BCUT2D eigenvalue weighted by Gasteiger charge is -2.28. The molecule has 1 aliphatic heterocycles. The smallest absolute Gasteiger partial charge is 0.118 e. The molecule has 0 radical (unpaired) electrons. The third-order valence-corrected chi connectivity index (χ3v) is 5.35. The van der Waals surface area contributed by atoms with Gasteiger partial charge in [-0.1, -0.05) is 54.1 Å². The number of methoxy groups -OCH3 is 1. The molecule has 3 nitrogen and oxygen atoms in total. The molecule has 3 aromatic rings. The van der Waals surface area contributed by atoms with Gasteiger partial charge in [0.15, 0.2) is 0 Å². The van der Waals surface area contributed by atoms with E-state index in [1.165, 1.54) is 11.1 Å². The maximum absolute atomic E-state index is 6.18. The Morgan fingerprint density at radius 1 is 0.926 bits per heavy atom. The lowest BCUT2D eigenvalue weighted by Crippen LogP contribution is -2.31. The number of benzene rings is 3. The Morgan fingerprint density at radius 3 is 2.26 bits per heavy atom. The molecule has 4 heteroatoms. The van der Waals surface area contributed by atoms with Crippen LogP contribution in [0.15, 0.2) is 84.7 Å². The third-order valence-electron chi connectivity index (χ3n) is 5.11. The van der Waals surface area contributed by atoms with Crippen LogP contribution in [0.4, 0.5) is 0 Å². The van der Waals surface area contributed by atoms with Gasteiger partial charge in [0.1, 0.15) is 5.75 Å². The van der Waals surface area contributed by atoms with Gasteiger partial charge in [-0.15, -0.1) is 0 Å². The number of ether oxygens (including phenoxy) is 1. The maximum Gasteiger partial charge on any atom is 0.118 e. The Kier molecular flexibility index (Phi) is 4.54. The molecule has 1 aliphatic rings. The van der Waals surface area contributed by atoms with Crippen molar-refractivity contribution in [1.29, 1.82) is 0 Å². The van der Waals surface area contributed by atoms with Crippen molar-refractivity contribution in [3.05, 3.63) is 101 Å². The predicted octanol–water partition coefficient (Wildman–Crippen LogP) is 4.71. The fourth-order valence-corrected chi connectivity index (χ4v) is 3.87. The Hall–Kier alpha value is -2.91. The van der Waals surface area contributed by atoms with Crippen LogP contribution < -0.4 is 15.8 Å². The van der Waals surface area contributed by atoms with Gasteiger partial charge in [-0.25, -0.2) is 0 Å². The third kappa shape index (κ3) is 3.26. The molecular weight excluding hydrogens is 356 g/mol. The minimum Gasteiger partial charge on any atom is -0.497 e. The summed E-state index contributed by atoms with van der Waals surface area (Å²) < 4.78 is 5.31. The van der Waals surface area contributed by atoms with Crippen LogP contribution in [0.3, 0.4) is 0 Å². The largest absolute Gasteiger partial charge is 0.497 e. The number of nitrogens with one attached hydrogen (secondary N) is 1. The predicted molar refractivity (Wildman–Crippen MR) is 111 cm³/mol. The van der Waals surface area contributed by atoms with Crippen LogP contribution in [0.2, 0.25) is 5.02 Å². The fraction of sp³-hybridized carbons (Fsp3) is 0.130. The van der Waals surface area contributed by atoms with E-state index in [1.54, 1.807) is 7.11 Å². The van der Waals surface area contributed by atoms with Crippen molar-refractivity contribution in [2.24, 2.45) is 5.73 Å². The fourth-order valence-electron chi connectivity index (χ4n) is 3.68. The average Bonchev–Trinajstić information content (AvgIpc) is 3.11. The van der Waals surface area contributed by atoms with Crippen molar-refractivity contribution in [2.75, 3.05) is 13.7 Å². The highest BCUT2D eigenvalue weighted by Crippen LogP contribution is 2.39. The first-order valence-electron chi connectivity index (χ1n) is 8.84. The van der Waals surface area contributed by atoms with Gasteiger partial charge in [0.05, 0.1) is 18.3 Å². The molecule has 3 aromatic carbocycles. The average molecular weight is 377 g/mol. The quantitative estimate of drug-likeness (QED) is 0.693. The first kappa shape index (κ1) is 17.5. The molecule has 0 saturated carbocycles. The van der Waals surface area contributed by atoms with Gasteiger partial charge in [0.2, 0.25) is 0 Å². The summed E-state index contributed by atoms with van der Waals surface area (Å²) in [5.74, 6) is 1.53. The number of hydrogen-bond acceptors (Lipinski definition) is 3. The zero-order valence-electron chi connectivity index (χ0n) is 15.1. The Balaban J connectivity index is 1.83. The van der Waals surface area contributed by atoms with Crippen LogP contribution in [0.25, 0.3) is 11.1 Å². The van der Waals surface area contributed by atoms with Crippen molar-refractivity contribution in [3.63, 3.8) is 0 Å². The molecule has 27 heavy (non-hydrogen) atoms. The van der Waals surface area contributed by atoms with E-state index in [2.05, 4.69) is 53.9 Å². The summed E-state index contributed by atoms with van der Waals surface area (Å²) in [6, 6.07) is 24.6. The highest BCUT2D eigenvalue weighted by Gasteiger charge is 2.36. The maximum atomic E-state index is 6.18. The van der Waals surface area contributed by atoms with E-state index in [-0.39, 0.29) is 5.41 Å². The summed E-state index contributed by atoms with van der Waals surface area (Å²) in [5.41, 5.74) is 10.4. The number of halogens is 1. The van der Waals surface area contributed by atoms with Gasteiger partial charge >= 0.3 is 0 Å². The molecule has 3 N–H and O–H groups in total. The van der Waals surface area contributed by atoms with Crippen molar-refractivity contribution < 1.29 is 4.74 Å². The molecule has 0 bridgehead atoms. The van der Waals surface area contributed by atoms with Crippen LogP contribution in [-0.4, -0.2) is 13.7 Å². The van der Waals surface area contributed by atoms with E-state index >= 15 is 0 Å². The molecule has 1 atom stereocenters. The summed E-state index contributed by atoms with van der Waals surface area (Å²) >= 11 is 6.18. The second kappa shape index (κ2) is 7.01. The molecule has 136 valence electrons. The zero-order chi connectivity index (χ0) is 18.9. The molecule has 0 saturated heterocycles. The second-order valence-corrected chi connectivity index (χ2v) is 7.18. The van der Waals surface area contributed by atoms with Crippen LogP contribution >= 0.6 is 11.6 Å². The van der Waals surface area contributed by atoms with E-state index in [4.69, 9.17) is 22.1 Å². The SMILES string of the molecule is COc1ccc([C@@]2(c3cccc(-c4cccc(Cl)c4)c3)C=C(N)NC2)cc1. The summed E-state index contributed by atoms with van der Waals surface area (Å²) in [7, 11) is 1.67. The van der Waals surface area contributed by atoms with E-state index in [9.17, 15) is 0 Å². The molecule has 0 amide bonds. The molecule has 1 heterocycles. The van der Waals surface area contributed by atoms with Crippen molar-refractivity contribution in [2.45, 2.75) is 5.41 Å². The summed E-state index contributed by atoms with van der Waals surface area (Å²) in [6.07, 6.45) is 2.10. The Labute approximate surface area is 164 Å². The molecule has 0 fully saturated rings. The number of hydrogen-bond donors (Lipinski definition) is 2. The van der Waals surface area contributed by atoms with Gasteiger partial charge in [-0.05, 0) is 58.7 Å². The van der Waals surface area contributed by atoms with E-state index in [1.807, 2.05) is 30.3 Å². The molecule has 0 aromatic heterocycles. The second-order valence-electron chi connectivity index (χ2n) is 6.74. The van der Waals surface area contributed by atoms with Crippen molar-refractivity contribution >= 4 is 11.6 Å². The van der Waals surface area contributed by atoms with E-state index in [0.29, 0.717) is 12.4 Å². The van der Waals surface area contributed by atoms with Gasteiger partial charge in [-0.2, -0.15) is 0 Å². The van der Waals surface area contributed by atoms with Crippen LogP contribution in [0.5, 0.6) is 5.75 Å². The van der Waals surface area contributed by atoms with Gasteiger partial charge in [0, 0.05) is 11.6 Å². The molecular formula is C23H21ClN2O. The Morgan fingerprint density at radius 2 is 1.63 bits per heavy atom. The standard InChI is InChI=1S/C23H21ClN2O/c1-27-21-10-8-18(9-11-21)23(14-22(25)26-15-23)19-6-2-4-16(12-19)17-5-3-7-20(24)13-17/h2-14,26H,15,25H2,1H3/t23-/m1/s1. The van der Waals surface area contributed by atoms with Crippen LogP contribution in [-0.2, 0) is 5.41 Å². The highest BCUT2D eigenvalue weighted by molar-refractivity contribution is 6.30. The lowest BCUT2D eigenvalue weighted by atomic mass is 9.75. The van der Waals surface area contributed by atoms with Gasteiger partial charge in [0.25, 0.3) is 0 Å².